The molecule has 0 N–H and O–H groups in total. The first-order valence-corrected chi connectivity index (χ1v) is 9.51. The average Bonchev–Trinajstić information content (AvgIpc) is 2.63. The minimum absolute atomic E-state index is 0.00676. The molecule has 2 aliphatic rings. The maximum absolute atomic E-state index is 10.7. The first kappa shape index (κ1) is 12.3. The fraction of sp³-hybridized carbons (Fsp3) is 1.00. The molecule has 0 aromatic carbocycles. The second-order valence-corrected chi connectivity index (χ2v) is 10.8. The van der Waals surface area contributed by atoms with Crippen molar-refractivity contribution in [2.75, 3.05) is 12.8 Å². The molecule has 86 valence electrons. The molecule has 15 heavy (non-hydrogen) atoms. The van der Waals surface area contributed by atoms with Gasteiger partial charge in [-0.3, -0.25) is 4.57 Å². The summed E-state index contributed by atoms with van der Waals surface area (Å²) in [6.45, 7) is 4.41. The Morgan fingerprint density at radius 2 is 2.27 bits per heavy atom. The largest absolute Gasteiger partial charge is 0.372 e. The Morgan fingerprint density at radius 3 is 2.93 bits per heavy atom. The van der Waals surface area contributed by atoms with Crippen molar-refractivity contribution in [3.63, 3.8) is 0 Å². The van der Waals surface area contributed by atoms with E-state index in [2.05, 4.69) is 8.93 Å². The van der Waals surface area contributed by atoms with Crippen LogP contribution in [-0.4, -0.2) is 36.9 Å². The maximum Gasteiger partial charge on any atom is 0.185 e. The Labute approximate surface area is 94.4 Å². The highest BCUT2D eigenvalue weighted by Gasteiger charge is 2.50. The van der Waals surface area contributed by atoms with Gasteiger partial charge in [-0.2, -0.15) is 0 Å². The summed E-state index contributed by atoms with van der Waals surface area (Å²) in [4.78, 5) is 0. The summed E-state index contributed by atoms with van der Waals surface area (Å²) < 4.78 is 27.8. The zero-order chi connectivity index (χ0) is 11.1. The third kappa shape index (κ3) is 2.75. The molecule has 0 aromatic heterocycles. The Balaban J connectivity index is 1.96. The van der Waals surface area contributed by atoms with Gasteiger partial charge in [-0.05, 0) is 13.8 Å². The SMILES string of the molecule is CC1(C)OC2CO[C@H](CP(P)P=O)C2O1. The Hall–Kier alpha value is 0.840. The highest BCUT2D eigenvalue weighted by atomic mass is 32.4. The monoisotopic (exact) mass is 268 g/mol. The number of rotatable bonds is 3. The molecule has 0 aromatic rings. The molecule has 0 saturated carbocycles. The van der Waals surface area contributed by atoms with Crippen LogP contribution in [0.4, 0.5) is 0 Å². The summed E-state index contributed by atoms with van der Waals surface area (Å²) in [5.41, 5.74) is 0. The predicted octanol–water partition coefficient (Wildman–Crippen LogP) is 2.38. The average molecular weight is 268 g/mol. The van der Waals surface area contributed by atoms with E-state index < -0.39 is 13.1 Å². The van der Waals surface area contributed by atoms with Gasteiger partial charge < -0.3 is 14.2 Å². The molecular weight excluding hydrogens is 253 g/mol. The van der Waals surface area contributed by atoms with E-state index in [1.54, 1.807) is 0 Å². The zero-order valence-electron chi connectivity index (χ0n) is 8.75. The van der Waals surface area contributed by atoms with Crippen molar-refractivity contribution in [2.24, 2.45) is 0 Å². The molecule has 0 amide bonds. The van der Waals surface area contributed by atoms with Gasteiger partial charge in [0.05, 0.1) is 12.7 Å². The smallest absolute Gasteiger partial charge is 0.185 e. The zero-order valence-corrected chi connectivity index (χ0v) is 11.7. The van der Waals surface area contributed by atoms with Gasteiger partial charge in [-0.1, -0.05) is 8.93 Å². The molecule has 0 aliphatic carbocycles. The van der Waals surface area contributed by atoms with E-state index in [9.17, 15) is 4.57 Å². The van der Waals surface area contributed by atoms with Crippen LogP contribution in [0.3, 0.4) is 0 Å². The van der Waals surface area contributed by atoms with Crippen molar-refractivity contribution in [1.29, 1.82) is 0 Å². The van der Waals surface area contributed by atoms with Gasteiger partial charge >= 0.3 is 0 Å². The lowest BCUT2D eigenvalue weighted by Crippen LogP contribution is -2.31. The molecule has 5 atom stereocenters. The lowest BCUT2D eigenvalue weighted by molar-refractivity contribution is -0.172. The molecule has 0 bridgehead atoms. The number of hydrogen-bond acceptors (Lipinski definition) is 4. The summed E-state index contributed by atoms with van der Waals surface area (Å²) in [6, 6.07) is 0. The first-order valence-electron chi connectivity index (χ1n) is 4.84. The molecule has 7 heteroatoms. The lowest BCUT2D eigenvalue weighted by atomic mass is 10.2. The number of ether oxygens (including phenoxy) is 3. The first-order chi connectivity index (χ1) is 7.02. The van der Waals surface area contributed by atoms with Gasteiger partial charge in [0.1, 0.15) is 12.2 Å². The molecule has 2 rings (SSSR count). The van der Waals surface area contributed by atoms with Gasteiger partial charge in [0.2, 0.25) is 0 Å². The summed E-state index contributed by atoms with van der Waals surface area (Å²) in [5, 5.41) is 0. The number of hydrogen-bond donors (Lipinski definition) is 0. The van der Waals surface area contributed by atoms with Crippen LogP contribution >= 0.6 is 24.4 Å². The third-order valence-corrected chi connectivity index (χ3v) is 6.08. The van der Waals surface area contributed by atoms with E-state index in [0.717, 1.165) is 6.16 Å². The van der Waals surface area contributed by atoms with Crippen LogP contribution in [0.15, 0.2) is 0 Å². The Morgan fingerprint density at radius 1 is 1.53 bits per heavy atom. The van der Waals surface area contributed by atoms with Gasteiger partial charge in [-0.15, -0.1) is 0 Å². The molecule has 0 radical (unpaired) electrons. The van der Waals surface area contributed by atoms with Crippen molar-refractivity contribution in [3.05, 3.63) is 0 Å². The van der Waals surface area contributed by atoms with E-state index in [1.807, 2.05) is 13.8 Å². The summed E-state index contributed by atoms with van der Waals surface area (Å²) in [6.07, 6.45) is 0.863. The third-order valence-electron chi connectivity index (χ3n) is 2.53. The summed E-state index contributed by atoms with van der Waals surface area (Å²) >= 11 is 0. The van der Waals surface area contributed by atoms with Crippen LogP contribution in [0.2, 0.25) is 0 Å². The topological polar surface area (TPSA) is 44.8 Å². The standard InChI is InChI=1S/C8H15O4P3/c1-8(2)11-5-3-10-6(7(5)12-8)4-15(13)14-9/h5-7H,3-4,13H2,1-2H3/t5?,6-,7?,15?/m1/s1. The van der Waals surface area contributed by atoms with Crippen LogP contribution in [0.5, 0.6) is 0 Å². The van der Waals surface area contributed by atoms with Gasteiger partial charge in [0, 0.05) is 13.5 Å². The summed E-state index contributed by atoms with van der Waals surface area (Å²) in [7, 11) is 2.24. The van der Waals surface area contributed by atoms with Crippen molar-refractivity contribution >= 4 is 24.4 Å². The minimum atomic E-state index is -0.571. The van der Waals surface area contributed by atoms with Crippen LogP contribution in [-0.2, 0) is 18.8 Å². The normalized spacial score (nSPS) is 40.6. The highest BCUT2D eigenvalue weighted by Crippen LogP contribution is 2.58. The minimum Gasteiger partial charge on any atom is -0.372 e. The maximum atomic E-state index is 10.7. The van der Waals surface area contributed by atoms with Crippen molar-refractivity contribution < 1.29 is 18.8 Å². The molecular formula is C8H15O4P3. The predicted molar refractivity (Wildman–Crippen MR) is 62.7 cm³/mol. The molecule has 4 nitrogen and oxygen atoms in total. The van der Waals surface area contributed by atoms with Crippen molar-refractivity contribution in [2.45, 2.75) is 37.9 Å². The Kier molecular flexibility index (Phi) is 3.78. The van der Waals surface area contributed by atoms with Crippen molar-refractivity contribution in [1.82, 2.24) is 0 Å². The quantitative estimate of drug-likeness (QED) is 0.737. The molecule has 2 saturated heterocycles. The molecule has 2 heterocycles. The van der Waals surface area contributed by atoms with Gasteiger partial charge in [-0.25, -0.2) is 0 Å². The van der Waals surface area contributed by atoms with Crippen LogP contribution < -0.4 is 0 Å². The Bertz CT molecular complexity index is 260. The molecule has 0 spiro atoms. The van der Waals surface area contributed by atoms with E-state index >= 15 is 0 Å². The van der Waals surface area contributed by atoms with E-state index in [-0.39, 0.29) is 26.5 Å². The number of fused-ring (bicyclic) bond motifs is 1. The van der Waals surface area contributed by atoms with Gasteiger partial charge in [0.25, 0.3) is 0 Å². The second-order valence-electron chi connectivity index (χ2n) is 4.21. The van der Waals surface area contributed by atoms with E-state index in [0.29, 0.717) is 6.61 Å². The van der Waals surface area contributed by atoms with E-state index in [4.69, 9.17) is 14.2 Å². The fourth-order valence-corrected chi connectivity index (χ4v) is 4.05. The van der Waals surface area contributed by atoms with Crippen LogP contribution in [0.1, 0.15) is 13.8 Å². The van der Waals surface area contributed by atoms with Crippen LogP contribution in [0, 0.1) is 0 Å². The van der Waals surface area contributed by atoms with Crippen LogP contribution in [0.25, 0.3) is 0 Å². The molecule has 4 unspecified atom stereocenters. The lowest BCUT2D eigenvalue weighted by Gasteiger charge is -2.22. The van der Waals surface area contributed by atoms with Crippen molar-refractivity contribution in [3.8, 4) is 0 Å². The van der Waals surface area contributed by atoms with Gasteiger partial charge in [0.15, 0.2) is 13.9 Å². The summed E-state index contributed by atoms with van der Waals surface area (Å²) in [5.74, 6) is -0.504. The fourth-order valence-electron chi connectivity index (χ4n) is 1.99. The molecule has 2 fully saturated rings. The van der Waals surface area contributed by atoms with E-state index in [1.165, 1.54) is 0 Å². The second kappa shape index (κ2) is 4.61. The highest BCUT2D eigenvalue weighted by molar-refractivity contribution is 8.44. The molecule has 2 aliphatic heterocycles.